The highest BCUT2D eigenvalue weighted by Gasteiger charge is 2.39. The lowest BCUT2D eigenvalue weighted by molar-refractivity contribution is -0.136. The largest absolute Gasteiger partial charge is 0.384 e. The van der Waals surface area contributed by atoms with Crippen molar-refractivity contribution in [2.45, 2.75) is 57.4 Å². The maximum absolute atomic E-state index is 12.6. The molecule has 5 nitrogen and oxygen atoms in total. The van der Waals surface area contributed by atoms with Gasteiger partial charge in [-0.1, -0.05) is 19.3 Å². The van der Waals surface area contributed by atoms with Gasteiger partial charge in [0, 0.05) is 19.7 Å². The lowest BCUT2D eigenvalue weighted by Crippen LogP contribution is -2.50. The number of carbonyl (C=O) groups is 1. The van der Waals surface area contributed by atoms with Gasteiger partial charge in [0.05, 0.1) is 12.0 Å². The van der Waals surface area contributed by atoms with E-state index in [-0.39, 0.29) is 11.3 Å². The lowest BCUT2D eigenvalue weighted by atomic mass is 9.78. The van der Waals surface area contributed by atoms with Gasteiger partial charge in [-0.15, -0.1) is 0 Å². The highest BCUT2D eigenvalue weighted by molar-refractivity contribution is 5.82. The minimum atomic E-state index is -0.324. The fourth-order valence-electron chi connectivity index (χ4n) is 4.04. The second kappa shape index (κ2) is 9.60. The Morgan fingerprint density at radius 2 is 1.96 bits per heavy atom. The zero-order chi connectivity index (χ0) is 16.5. The van der Waals surface area contributed by atoms with Crippen LogP contribution in [0.3, 0.4) is 0 Å². The van der Waals surface area contributed by atoms with E-state index < -0.39 is 0 Å². The first kappa shape index (κ1) is 18.7. The van der Waals surface area contributed by atoms with Gasteiger partial charge in [0.25, 0.3) is 0 Å². The van der Waals surface area contributed by atoms with Crippen LogP contribution >= 0.6 is 0 Å². The maximum Gasteiger partial charge on any atom is 0.228 e. The lowest BCUT2D eigenvalue weighted by Gasteiger charge is -2.35. The molecule has 1 aliphatic heterocycles. The number of nitrogens with one attached hydrogen (secondary N) is 2. The van der Waals surface area contributed by atoms with Gasteiger partial charge in [-0.3, -0.25) is 4.79 Å². The van der Waals surface area contributed by atoms with Gasteiger partial charge in [0.2, 0.25) is 5.91 Å². The normalized spacial score (nSPS) is 22.2. The zero-order valence-corrected chi connectivity index (χ0v) is 15.0. The average molecular weight is 325 g/mol. The number of piperidine rings is 1. The summed E-state index contributed by atoms with van der Waals surface area (Å²) in [5, 5.41) is 6.49. The van der Waals surface area contributed by atoms with E-state index in [1.54, 1.807) is 7.11 Å². The molecule has 0 unspecified atom stereocenters. The van der Waals surface area contributed by atoms with Gasteiger partial charge in [-0.25, -0.2) is 0 Å². The van der Waals surface area contributed by atoms with E-state index in [1.165, 1.54) is 32.1 Å². The summed E-state index contributed by atoms with van der Waals surface area (Å²) in [5.41, 5.74) is -0.324. The Hall–Kier alpha value is -0.650. The summed E-state index contributed by atoms with van der Waals surface area (Å²) in [5.74, 6) is 0.182. The number of hydrogen-bond acceptors (Lipinski definition) is 4. The predicted octanol–water partition coefficient (Wildman–Crippen LogP) is 1.77. The van der Waals surface area contributed by atoms with E-state index in [9.17, 15) is 4.79 Å². The number of amides is 1. The summed E-state index contributed by atoms with van der Waals surface area (Å²) in [6, 6.07) is 0.753. The summed E-state index contributed by atoms with van der Waals surface area (Å²) in [6.07, 6.45) is 9.60. The summed E-state index contributed by atoms with van der Waals surface area (Å²) < 4.78 is 5.33. The second-order valence-corrected chi connectivity index (χ2v) is 7.35. The van der Waals surface area contributed by atoms with Crippen molar-refractivity contribution in [2.24, 2.45) is 5.41 Å². The quantitative estimate of drug-likeness (QED) is 0.668. The standard InChI is InChI=1S/C18H35N3O2/c1-21(16-7-4-3-5-8-16)14-6-11-20-17(22)18(15-23-2)9-12-19-13-10-18/h16,19H,3-15H2,1-2H3,(H,20,22). The molecule has 2 aliphatic rings. The van der Waals surface area contributed by atoms with E-state index in [0.29, 0.717) is 6.61 Å². The summed E-state index contributed by atoms with van der Waals surface area (Å²) in [6.45, 7) is 4.18. The first-order chi connectivity index (χ1) is 11.2. The Kier molecular flexibility index (Phi) is 7.80. The second-order valence-electron chi connectivity index (χ2n) is 7.35. The van der Waals surface area contributed by atoms with Crippen molar-refractivity contribution >= 4 is 5.91 Å². The fraction of sp³-hybridized carbons (Fsp3) is 0.944. The monoisotopic (exact) mass is 325 g/mol. The SMILES string of the molecule is COCC1(C(=O)NCCCN(C)C2CCCCC2)CCNCC1. The third kappa shape index (κ3) is 5.44. The molecule has 2 N–H and O–H groups in total. The van der Waals surface area contributed by atoms with Crippen LogP contribution in [0.2, 0.25) is 0 Å². The predicted molar refractivity (Wildman–Crippen MR) is 93.5 cm³/mol. The molecule has 5 heteroatoms. The Morgan fingerprint density at radius 1 is 1.26 bits per heavy atom. The molecule has 1 heterocycles. The molecule has 1 saturated carbocycles. The van der Waals surface area contributed by atoms with Crippen molar-refractivity contribution < 1.29 is 9.53 Å². The first-order valence-corrected chi connectivity index (χ1v) is 9.36. The molecule has 0 aromatic rings. The third-order valence-corrected chi connectivity index (χ3v) is 5.63. The average Bonchev–Trinajstić information content (AvgIpc) is 2.60. The van der Waals surface area contributed by atoms with Gasteiger partial charge in [-0.05, 0) is 58.8 Å². The van der Waals surface area contributed by atoms with Gasteiger partial charge in [0.1, 0.15) is 0 Å². The van der Waals surface area contributed by atoms with Crippen molar-refractivity contribution in [2.75, 3.05) is 46.9 Å². The van der Waals surface area contributed by atoms with Gasteiger partial charge in [-0.2, -0.15) is 0 Å². The van der Waals surface area contributed by atoms with E-state index >= 15 is 0 Å². The number of rotatable bonds is 8. The van der Waals surface area contributed by atoms with Crippen LogP contribution in [0.25, 0.3) is 0 Å². The molecule has 134 valence electrons. The van der Waals surface area contributed by atoms with Crippen molar-refractivity contribution in [3.63, 3.8) is 0 Å². The Balaban J connectivity index is 1.68. The summed E-state index contributed by atoms with van der Waals surface area (Å²) in [7, 11) is 3.92. The molecule has 1 saturated heterocycles. The Bertz CT molecular complexity index is 345. The minimum absolute atomic E-state index is 0.182. The number of nitrogens with zero attached hydrogens (tertiary/aromatic N) is 1. The molecule has 0 aromatic carbocycles. The number of methoxy groups -OCH3 is 1. The van der Waals surface area contributed by atoms with Gasteiger partial charge in [0.15, 0.2) is 0 Å². The zero-order valence-electron chi connectivity index (χ0n) is 15.0. The van der Waals surface area contributed by atoms with Crippen LogP contribution in [0.15, 0.2) is 0 Å². The molecule has 1 amide bonds. The van der Waals surface area contributed by atoms with Crippen LogP contribution in [0.5, 0.6) is 0 Å². The van der Waals surface area contributed by atoms with Gasteiger partial charge < -0.3 is 20.3 Å². The van der Waals surface area contributed by atoms with E-state index in [0.717, 1.165) is 51.5 Å². The third-order valence-electron chi connectivity index (χ3n) is 5.63. The van der Waals surface area contributed by atoms with E-state index in [2.05, 4.69) is 22.6 Å². The number of hydrogen-bond donors (Lipinski definition) is 2. The van der Waals surface area contributed by atoms with Crippen LogP contribution in [-0.2, 0) is 9.53 Å². The maximum atomic E-state index is 12.6. The topological polar surface area (TPSA) is 53.6 Å². The highest BCUT2D eigenvalue weighted by atomic mass is 16.5. The molecule has 23 heavy (non-hydrogen) atoms. The highest BCUT2D eigenvalue weighted by Crippen LogP contribution is 2.29. The van der Waals surface area contributed by atoms with Crippen LogP contribution in [0.1, 0.15) is 51.4 Å². The van der Waals surface area contributed by atoms with Crippen LogP contribution in [-0.4, -0.2) is 63.8 Å². The van der Waals surface area contributed by atoms with Crippen molar-refractivity contribution in [1.29, 1.82) is 0 Å². The van der Waals surface area contributed by atoms with Crippen LogP contribution in [0, 0.1) is 5.41 Å². The van der Waals surface area contributed by atoms with Crippen molar-refractivity contribution in [3.8, 4) is 0 Å². The van der Waals surface area contributed by atoms with Crippen LogP contribution in [0.4, 0.5) is 0 Å². The van der Waals surface area contributed by atoms with Gasteiger partial charge >= 0.3 is 0 Å². The molecular formula is C18H35N3O2. The minimum Gasteiger partial charge on any atom is -0.384 e. The molecule has 1 aliphatic carbocycles. The Morgan fingerprint density at radius 3 is 2.61 bits per heavy atom. The molecule has 2 fully saturated rings. The van der Waals surface area contributed by atoms with Crippen LogP contribution < -0.4 is 10.6 Å². The number of carbonyl (C=O) groups excluding carboxylic acids is 1. The fourth-order valence-corrected chi connectivity index (χ4v) is 4.04. The summed E-state index contributed by atoms with van der Waals surface area (Å²) in [4.78, 5) is 15.1. The van der Waals surface area contributed by atoms with Crippen molar-refractivity contribution in [3.05, 3.63) is 0 Å². The Labute approximate surface area is 141 Å². The number of ether oxygens (including phenoxy) is 1. The first-order valence-electron chi connectivity index (χ1n) is 9.36. The smallest absolute Gasteiger partial charge is 0.228 e. The molecule has 0 bridgehead atoms. The molecule has 0 atom stereocenters. The molecule has 0 aromatic heterocycles. The molecular weight excluding hydrogens is 290 g/mol. The molecule has 0 spiro atoms. The van der Waals surface area contributed by atoms with E-state index in [1.807, 2.05) is 0 Å². The summed E-state index contributed by atoms with van der Waals surface area (Å²) >= 11 is 0. The van der Waals surface area contributed by atoms with E-state index in [4.69, 9.17) is 4.74 Å². The molecule has 0 radical (unpaired) electrons. The van der Waals surface area contributed by atoms with Crippen molar-refractivity contribution in [1.82, 2.24) is 15.5 Å². The molecule has 2 rings (SSSR count).